The Morgan fingerprint density at radius 1 is 1.24 bits per heavy atom. The van der Waals surface area contributed by atoms with E-state index in [1.54, 1.807) is 0 Å². The normalized spacial score (nSPS) is 19.8. The minimum Gasteiger partial charge on any atom is -0.494 e. The Hall–Kier alpha value is -2.34. The molecule has 2 heterocycles. The third-order valence-corrected chi connectivity index (χ3v) is 5.72. The summed E-state index contributed by atoms with van der Waals surface area (Å²) in [6.07, 6.45) is 4.59. The van der Waals surface area contributed by atoms with Crippen LogP contribution in [-0.4, -0.2) is 47.0 Å². The minimum atomic E-state index is -0.516. The molecule has 1 aliphatic heterocycles. The zero-order chi connectivity index (χ0) is 20.7. The summed E-state index contributed by atoms with van der Waals surface area (Å²) in [5, 5.41) is 4.56. The van der Waals surface area contributed by atoms with Gasteiger partial charge in [0.25, 0.3) is 0 Å². The van der Waals surface area contributed by atoms with Crippen LogP contribution in [0.1, 0.15) is 44.4 Å². The average molecular weight is 400 g/mol. The van der Waals surface area contributed by atoms with Crippen LogP contribution in [0.15, 0.2) is 36.5 Å². The van der Waals surface area contributed by atoms with Gasteiger partial charge in [-0.2, -0.15) is 5.10 Å². The van der Waals surface area contributed by atoms with E-state index in [-0.39, 0.29) is 5.97 Å². The van der Waals surface area contributed by atoms with Gasteiger partial charge >= 0.3 is 5.97 Å². The predicted molar refractivity (Wildman–Crippen MR) is 113 cm³/mol. The van der Waals surface area contributed by atoms with Crippen molar-refractivity contribution in [1.29, 1.82) is 0 Å². The summed E-state index contributed by atoms with van der Waals surface area (Å²) >= 11 is 0. The Labute approximate surface area is 173 Å². The second-order valence-electron chi connectivity index (χ2n) is 7.82. The number of nitrogens with zero attached hydrogens (tertiary/aromatic N) is 3. The van der Waals surface area contributed by atoms with Crippen LogP contribution in [0.3, 0.4) is 0 Å². The number of carbonyl (C=O) groups excluding carboxylic acids is 1. The third-order valence-electron chi connectivity index (χ3n) is 5.72. The van der Waals surface area contributed by atoms with Gasteiger partial charge in [0.15, 0.2) is 0 Å². The van der Waals surface area contributed by atoms with Crippen LogP contribution in [0.5, 0.6) is 5.75 Å². The highest BCUT2D eigenvalue weighted by molar-refractivity contribution is 5.77. The second-order valence-corrected chi connectivity index (χ2v) is 7.82. The van der Waals surface area contributed by atoms with Crippen molar-refractivity contribution in [3.63, 3.8) is 0 Å². The first-order valence-corrected chi connectivity index (χ1v) is 10.7. The number of hydrogen-bond donors (Lipinski definition) is 0. The van der Waals surface area contributed by atoms with Gasteiger partial charge in [-0.1, -0.05) is 18.2 Å². The van der Waals surface area contributed by atoms with E-state index in [2.05, 4.69) is 30.0 Å². The number of benzene rings is 1. The lowest BCUT2D eigenvalue weighted by molar-refractivity contribution is -0.160. The molecule has 1 aromatic heterocycles. The Kier molecular flexibility index (Phi) is 7.31. The molecule has 1 aliphatic rings. The van der Waals surface area contributed by atoms with E-state index in [1.807, 2.05) is 41.9 Å². The number of piperidine rings is 1. The van der Waals surface area contributed by atoms with E-state index < -0.39 is 5.41 Å². The van der Waals surface area contributed by atoms with Crippen LogP contribution < -0.4 is 4.74 Å². The monoisotopic (exact) mass is 399 g/mol. The minimum absolute atomic E-state index is 0.0951. The van der Waals surface area contributed by atoms with Crippen molar-refractivity contribution in [1.82, 2.24) is 14.7 Å². The highest BCUT2D eigenvalue weighted by Gasteiger charge is 2.43. The molecule has 0 amide bonds. The number of para-hydroxylation sites is 1. The molecule has 0 bridgehead atoms. The lowest BCUT2D eigenvalue weighted by Crippen LogP contribution is -2.49. The fourth-order valence-electron chi connectivity index (χ4n) is 4.12. The molecule has 1 unspecified atom stereocenters. The number of rotatable bonds is 9. The number of aryl methyl sites for hydroxylation is 2. The lowest BCUT2D eigenvalue weighted by Gasteiger charge is -2.41. The average Bonchev–Trinajstić information content (AvgIpc) is 3.09. The van der Waals surface area contributed by atoms with Crippen LogP contribution in [-0.2, 0) is 22.6 Å². The molecular formula is C23H33N3O3. The van der Waals surface area contributed by atoms with Crippen molar-refractivity contribution >= 4 is 5.97 Å². The zero-order valence-electron chi connectivity index (χ0n) is 17.9. The molecule has 1 atom stereocenters. The Balaban J connectivity index is 1.69. The van der Waals surface area contributed by atoms with Gasteiger partial charge in [0.1, 0.15) is 5.75 Å². The lowest BCUT2D eigenvalue weighted by atomic mass is 9.77. The van der Waals surface area contributed by atoms with Crippen molar-refractivity contribution in [3.8, 4) is 5.75 Å². The molecule has 0 spiro atoms. The first-order valence-electron chi connectivity index (χ1n) is 10.7. The van der Waals surface area contributed by atoms with Crippen LogP contribution in [0.2, 0.25) is 0 Å². The molecule has 29 heavy (non-hydrogen) atoms. The molecule has 6 nitrogen and oxygen atoms in total. The molecule has 0 N–H and O–H groups in total. The molecule has 6 heteroatoms. The Morgan fingerprint density at radius 3 is 2.72 bits per heavy atom. The van der Waals surface area contributed by atoms with E-state index >= 15 is 0 Å². The predicted octanol–water partition coefficient (Wildman–Crippen LogP) is 3.83. The summed E-state index contributed by atoms with van der Waals surface area (Å²) in [6, 6.07) is 9.76. The van der Waals surface area contributed by atoms with E-state index in [0.717, 1.165) is 43.9 Å². The van der Waals surface area contributed by atoms with E-state index in [1.165, 1.54) is 5.56 Å². The van der Waals surface area contributed by atoms with Crippen LogP contribution in [0, 0.1) is 12.3 Å². The zero-order valence-corrected chi connectivity index (χ0v) is 17.9. The largest absolute Gasteiger partial charge is 0.494 e. The maximum Gasteiger partial charge on any atom is 0.313 e. The molecule has 1 fully saturated rings. The maximum atomic E-state index is 13.0. The van der Waals surface area contributed by atoms with Crippen molar-refractivity contribution in [3.05, 3.63) is 47.8 Å². The van der Waals surface area contributed by atoms with E-state index in [0.29, 0.717) is 26.2 Å². The third kappa shape index (κ3) is 5.38. The maximum absolute atomic E-state index is 13.0. The smallest absolute Gasteiger partial charge is 0.313 e. The van der Waals surface area contributed by atoms with Gasteiger partial charge in [0.2, 0.25) is 0 Å². The summed E-state index contributed by atoms with van der Waals surface area (Å²) < 4.78 is 13.4. The van der Waals surface area contributed by atoms with Crippen molar-refractivity contribution in [2.24, 2.45) is 5.41 Å². The first-order chi connectivity index (χ1) is 14.1. The Morgan fingerprint density at radius 2 is 2.03 bits per heavy atom. The standard InChI is InChI=1S/C23H33N3O3/c1-4-26-17-20(19(3)24-26)16-25-14-9-12-23(18-25,22(27)28-5-2)13-15-29-21-10-7-6-8-11-21/h6-8,10-11,17H,4-5,9,12-16,18H2,1-3H3. The fourth-order valence-corrected chi connectivity index (χ4v) is 4.12. The number of likely N-dealkylation sites (tertiary alicyclic amines) is 1. The summed E-state index contributed by atoms with van der Waals surface area (Å²) in [6.45, 7) is 10.3. The van der Waals surface area contributed by atoms with Gasteiger partial charge < -0.3 is 9.47 Å². The highest BCUT2D eigenvalue weighted by atomic mass is 16.5. The van der Waals surface area contributed by atoms with Gasteiger partial charge in [0.05, 0.1) is 24.3 Å². The van der Waals surface area contributed by atoms with Gasteiger partial charge in [-0.25, -0.2) is 0 Å². The number of hydrogen-bond acceptors (Lipinski definition) is 5. The Bertz CT molecular complexity index is 790. The van der Waals surface area contributed by atoms with Crippen LogP contribution in [0.4, 0.5) is 0 Å². The number of esters is 1. The van der Waals surface area contributed by atoms with Gasteiger partial charge in [-0.05, 0) is 58.7 Å². The SMILES string of the molecule is CCOC(=O)C1(CCOc2ccccc2)CCCN(Cc2cn(CC)nc2C)C1. The molecule has 1 saturated heterocycles. The number of ether oxygens (including phenoxy) is 2. The van der Waals surface area contributed by atoms with E-state index in [4.69, 9.17) is 9.47 Å². The summed E-state index contributed by atoms with van der Waals surface area (Å²) in [4.78, 5) is 15.3. The molecule has 3 rings (SSSR count). The summed E-state index contributed by atoms with van der Waals surface area (Å²) in [7, 11) is 0. The molecule has 1 aromatic carbocycles. The summed E-state index contributed by atoms with van der Waals surface area (Å²) in [5.74, 6) is 0.740. The first kappa shape index (κ1) is 21.4. The molecule has 0 radical (unpaired) electrons. The van der Waals surface area contributed by atoms with Crippen LogP contribution >= 0.6 is 0 Å². The van der Waals surface area contributed by atoms with Gasteiger partial charge in [0, 0.05) is 31.4 Å². The molecule has 158 valence electrons. The topological polar surface area (TPSA) is 56.6 Å². The summed E-state index contributed by atoms with van der Waals surface area (Å²) in [5.41, 5.74) is 1.77. The fraction of sp³-hybridized carbons (Fsp3) is 0.565. The number of carbonyl (C=O) groups is 1. The second kappa shape index (κ2) is 9.92. The van der Waals surface area contributed by atoms with Crippen molar-refractivity contribution in [2.45, 2.75) is 53.1 Å². The van der Waals surface area contributed by atoms with Gasteiger partial charge in [-0.3, -0.25) is 14.4 Å². The number of aromatic nitrogens is 2. The van der Waals surface area contributed by atoms with Crippen molar-refractivity contribution < 1.29 is 14.3 Å². The quantitative estimate of drug-likeness (QED) is 0.600. The molecular weight excluding hydrogens is 366 g/mol. The van der Waals surface area contributed by atoms with Gasteiger partial charge in [-0.15, -0.1) is 0 Å². The van der Waals surface area contributed by atoms with Crippen molar-refractivity contribution in [2.75, 3.05) is 26.3 Å². The molecule has 0 aliphatic carbocycles. The van der Waals surface area contributed by atoms with E-state index in [9.17, 15) is 4.79 Å². The van der Waals surface area contributed by atoms with Crippen LogP contribution in [0.25, 0.3) is 0 Å². The highest BCUT2D eigenvalue weighted by Crippen LogP contribution is 2.36. The molecule has 0 saturated carbocycles. The molecule has 2 aromatic rings.